The number of carboxylic acid groups (broad SMARTS) is 1. The molecule has 0 saturated heterocycles. The van der Waals surface area contributed by atoms with E-state index in [1.54, 1.807) is 20.8 Å². The van der Waals surface area contributed by atoms with Crippen molar-refractivity contribution in [2.45, 2.75) is 39.2 Å². The van der Waals surface area contributed by atoms with E-state index in [9.17, 15) is 9.59 Å². The molecule has 0 aromatic carbocycles. The molecule has 0 radical (unpaired) electrons. The summed E-state index contributed by atoms with van der Waals surface area (Å²) in [5, 5.41) is 11.6. The van der Waals surface area contributed by atoms with Crippen molar-refractivity contribution in [3.05, 3.63) is 0 Å². The second kappa shape index (κ2) is 5.70. The van der Waals surface area contributed by atoms with Crippen LogP contribution in [0.15, 0.2) is 0 Å². The van der Waals surface area contributed by atoms with Gasteiger partial charge in [-0.05, 0) is 12.8 Å². The first kappa shape index (κ1) is 13.9. The maximum absolute atomic E-state index is 11.6. The van der Waals surface area contributed by atoms with Crippen LogP contribution < -0.4 is 11.1 Å². The molecule has 0 heterocycles. The predicted octanol–water partition coefficient (Wildman–Crippen LogP) is 0.341. The van der Waals surface area contributed by atoms with Crippen molar-refractivity contribution in [3.63, 3.8) is 0 Å². The molecule has 0 saturated carbocycles. The molecule has 0 aliphatic heterocycles. The SMILES string of the molecule is CCC(CC)(NC(=O)C(C)CN)C(=O)O. The van der Waals surface area contributed by atoms with Gasteiger partial charge in [0.15, 0.2) is 0 Å². The highest BCUT2D eigenvalue weighted by atomic mass is 16.4. The average molecular weight is 216 g/mol. The van der Waals surface area contributed by atoms with E-state index in [-0.39, 0.29) is 18.4 Å². The van der Waals surface area contributed by atoms with Gasteiger partial charge in [0.1, 0.15) is 5.54 Å². The van der Waals surface area contributed by atoms with Gasteiger partial charge in [-0.25, -0.2) is 4.79 Å². The summed E-state index contributed by atoms with van der Waals surface area (Å²) >= 11 is 0. The fourth-order valence-electron chi connectivity index (χ4n) is 1.25. The Hall–Kier alpha value is -1.10. The second-order valence-corrected chi connectivity index (χ2v) is 3.72. The Balaban J connectivity index is 4.69. The number of amides is 1. The van der Waals surface area contributed by atoms with E-state index >= 15 is 0 Å². The zero-order valence-electron chi connectivity index (χ0n) is 9.54. The van der Waals surface area contributed by atoms with Crippen LogP contribution in [0, 0.1) is 5.92 Å². The Morgan fingerprint density at radius 1 is 1.40 bits per heavy atom. The fraction of sp³-hybridized carbons (Fsp3) is 0.800. The van der Waals surface area contributed by atoms with Crippen molar-refractivity contribution in [2.24, 2.45) is 11.7 Å². The monoisotopic (exact) mass is 216 g/mol. The second-order valence-electron chi connectivity index (χ2n) is 3.72. The summed E-state index contributed by atoms with van der Waals surface area (Å²) in [7, 11) is 0. The number of carbonyl (C=O) groups is 2. The zero-order chi connectivity index (χ0) is 12.1. The molecule has 0 rings (SSSR count). The quantitative estimate of drug-likeness (QED) is 0.597. The van der Waals surface area contributed by atoms with Crippen molar-refractivity contribution in [1.29, 1.82) is 0 Å². The van der Waals surface area contributed by atoms with Gasteiger partial charge in [0, 0.05) is 12.5 Å². The molecule has 0 aliphatic carbocycles. The summed E-state index contributed by atoms with van der Waals surface area (Å²) in [6.45, 7) is 5.37. The Bertz CT molecular complexity index is 237. The molecule has 0 aliphatic rings. The van der Waals surface area contributed by atoms with E-state index in [2.05, 4.69) is 5.32 Å². The van der Waals surface area contributed by atoms with Gasteiger partial charge in [-0.1, -0.05) is 20.8 Å². The molecule has 4 N–H and O–H groups in total. The lowest BCUT2D eigenvalue weighted by Crippen LogP contribution is -2.55. The first-order valence-electron chi connectivity index (χ1n) is 5.19. The molecular formula is C10H20N2O3. The Kier molecular flexibility index (Phi) is 5.28. The highest BCUT2D eigenvalue weighted by Gasteiger charge is 2.37. The minimum Gasteiger partial charge on any atom is -0.480 e. The molecule has 1 atom stereocenters. The van der Waals surface area contributed by atoms with Crippen LogP contribution in [-0.4, -0.2) is 29.1 Å². The topological polar surface area (TPSA) is 92.4 Å². The maximum Gasteiger partial charge on any atom is 0.329 e. The maximum atomic E-state index is 11.6. The van der Waals surface area contributed by atoms with E-state index < -0.39 is 11.5 Å². The third kappa shape index (κ3) is 3.20. The molecule has 1 unspecified atom stereocenters. The fourth-order valence-corrected chi connectivity index (χ4v) is 1.25. The van der Waals surface area contributed by atoms with E-state index in [0.29, 0.717) is 12.8 Å². The van der Waals surface area contributed by atoms with Gasteiger partial charge in [-0.2, -0.15) is 0 Å². The molecule has 15 heavy (non-hydrogen) atoms. The molecule has 0 bridgehead atoms. The van der Waals surface area contributed by atoms with Gasteiger partial charge >= 0.3 is 5.97 Å². The third-order valence-corrected chi connectivity index (χ3v) is 2.78. The molecule has 0 fully saturated rings. The average Bonchev–Trinajstić information content (AvgIpc) is 2.24. The Morgan fingerprint density at radius 2 is 1.87 bits per heavy atom. The first-order chi connectivity index (χ1) is 6.93. The van der Waals surface area contributed by atoms with Crippen LogP contribution in [0.5, 0.6) is 0 Å². The standard InChI is InChI=1S/C10H20N2O3/c1-4-10(5-2,9(14)15)12-8(13)7(3)6-11/h7H,4-6,11H2,1-3H3,(H,12,13)(H,14,15). The van der Waals surface area contributed by atoms with Crippen molar-refractivity contribution in [2.75, 3.05) is 6.54 Å². The van der Waals surface area contributed by atoms with Gasteiger partial charge in [0.25, 0.3) is 0 Å². The molecule has 0 spiro atoms. The van der Waals surface area contributed by atoms with Gasteiger partial charge in [0.05, 0.1) is 0 Å². The molecular weight excluding hydrogens is 196 g/mol. The molecule has 5 heteroatoms. The first-order valence-corrected chi connectivity index (χ1v) is 5.19. The van der Waals surface area contributed by atoms with Crippen LogP contribution in [0.2, 0.25) is 0 Å². The third-order valence-electron chi connectivity index (χ3n) is 2.78. The van der Waals surface area contributed by atoms with Gasteiger partial charge in [0.2, 0.25) is 5.91 Å². The van der Waals surface area contributed by atoms with Gasteiger partial charge in [-0.3, -0.25) is 4.79 Å². The molecule has 0 aromatic heterocycles. The number of aliphatic carboxylic acids is 1. The number of hydrogen-bond acceptors (Lipinski definition) is 3. The zero-order valence-corrected chi connectivity index (χ0v) is 9.54. The summed E-state index contributed by atoms with van der Waals surface area (Å²) in [6, 6.07) is 0. The molecule has 5 nitrogen and oxygen atoms in total. The normalized spacial score (nSPS) is 13.3. The van der Waals surface area contributed by atoms with Gasteiger partial charge < -0.3 is 16.2 Å². The number of hydrogen-bond donors (Lipinski definition) is 3. The number of nitrogens with two attached hydrogens (primary N) is 1. The Morgan fingerprint density at radius 3 is 2.13 bits per heavy atom. The van der Waals surface area contributed by atoms with E-state index in [0.717, 1.165) is 0 Å². The van der Waals surface area contributed by atoms with Crippen molar-refractivity contribution < 1.29 is 14.7 Å². The minimum absolute atomic E-state index is 0.217. The van der Waals surface area contributed by atoms with Crippen LogP contribution in [-0.2, 0) is 9.59 Å². The molecule has 1 amide bonds. The minimum atomic E-state index is -1.15. The Labute approximate surface area is 90.0 Å². The number of rotatable bonds is 6. The van der Waals surface area contributed by atoms with E-state index in [1.165, 1.54) is 0 Å². The number of nitrogens with one attached hydrogen (secondary N) is 1. The van der Waals surface area contributed by atoms with Crippen LogP contribution >= 0.6 is 0 Å². The summed E-state index contributed by atoms with van der Waals surface area (Å²) in [6.07, 6.45) is 0.726. The predicted molar refractivity (Wildman–Crippen MR) is 57.3 cm³/mol. The van der Waals surface area contributed by atoms with E-state index in [4.69, 9.17) is 10.8 Å². The summed E-state index contributed by atoms with van der Waals surface area (Å²) in [5.74, 6) is -1.66. The lowest BCUT2D eigenvalue weighted by molar-refractivity contribution is -0.148. The highest BCUT2D eigenvalue weighted by Crippen LogP contribution is 2.16. The largest absolute Gasteiger partial charge is 0.480 e. The van der Waals surface area contributed by atoms with Crippen LogP contribution in [0.4, 0.5) is 0 Å². The summed E-state index contributed by atoms with van der Waals surface area (Å²) in [4.78, 5) is 22.6. The number of carboxylic acids is 1. The lowest BCUT2D eigenvalue weighted by Gasteiger charge is -2.29. The number of carbonyl (C=O) groups excluding carboxylic acids is 1. The van der Waals surface area contributed by atoms with Crippen LogP contribution in [0.1, 0.15) is 33.6 Å². The smallest absolute Gasteiger partial charge is 0.329 e. The van der Waals surface area contributed by atoms with Crippen molar-refractivity contribution in [3.8, 4) is 0 Å². The van der Waals surface area contributed by atoms with Crippen LogP contribution in [0.3, 0.4) is 0 Å². The van der Waals surface area contributed by atoms with E-state index in [1.807, 2.05) is 0 Å². The highest BCUT2D eigenvalue weighted by molar-refractivity contribution is 5.87. The molecule has 0 aromatic rings. The van der Waals surface area contributed by atoms with Crippen LogP contribution in [0.25, 0.3) is 0 Å². The van der Waals surface area contributed by atoms with Gasteiger partial charge in [-0.15, -0.1) is 0 Å². The summed E-state index contributed by atoms with van der Waals surface area (Å²) < 4.78 is 0. The lowest BCUT2D eigenvalue weighted by atomic mass is 9.92. The van der Waals surface area contributed by atoms with Crippen molar-refractivity contribution >= 4 is 11.9 Å². The molecule has 88 valence electrons. The van der Waals surface area contributed by atoms with Crippen molar-refractivity contribution in [1.82, 2.24) is 5.32 Å². The summed E-state index contributed by atoms with van der Waals surface area (Å²) in [5.41, 5.74) is 4.19.